The van der Waals surface area contributed by atoms with Gasteiger partial charge in [0, 0.05) is 18.9 Å². The predicted octanol–water partition coefficient (Wildman–Crippen LogP) is 2.89. The van der Waals surface area contributed by atoms with Crippen molar-refractivity contribution in [2.75, 3.05) is 25.5 Å². The van der Waals surface area contributed by atoms with Crippen LogP contribution in [0.1, 0.15) is 33.1 Å². The summed E-state index contributed by atoms with van der Waals surface area (Å²) in [5.41, 5.74) is 0. The fourth-order valence-corrected chi connectivity index (χ4v) is 3.54. The summed E-state index contributed by atoms with van der Waals surface area (Å²) in [5, 5.41) is 0. The number of rotatable bonds is 6. The van der Waals surface area contributed by atoms with Crippen LogP contribution in [0.25, 0.3) is 0 Å². The van der Waals surface area contributed by atoms with Crippen molar-refractivity contribution in [1.82, 2.24) is 0 Å². The van der Waals surface area contributed by atoms with Crippen LogP contribution in [0.4, 0.5) is 0 Å². The summed E-state index contributed by atoms with van der Waals surface area (Å²) in [6.07, 6.45) is 4.82. The van der Waals surface area contributed by atoms with Gasteiger partial charge in [-0.15, -0.1) is 0 Å². The zero-order valence-electron chi connectivity index (χ0n) is 9.20. The SMILES string of the molecule is CCOP(=O)(CC)CCC1CCCO1. The lowest BCUT2D eigenvalue weighted by molar-refractivity contribution is 0.108. The van der Waals surface area contributed by atoms with Crippen molar-refractivity contribution in [2.45, 2.75) is 39.2 Å². The Bertz CT molecular complexity index is 200. The lowest BCUT2D eigenvalue weighted by atomic mass is 10.2. The molecule has 4 heteroatoms. The Hall–Kier alpha value is 0.150. The molecule has 1 rings (SSSR count). The Labute approximate surface area is 86.6 Å². The van der Waals surface area contributed by atoms with E-state index in [2.05, 4.69) is 0 Å². The summed E-state index contributed by atoms with van der Waals surface area (Å²) in [6.45, 7) is 5.26. The summed E-state index contributed by atoms with van der Waals surface area (Å²) in [5.74, 6) is 0. The molecule has 0 spiro atoms. The fourth-order valence-electron chi connectivity index (χ4n) is 1.76. The minimum Gasteiger partial charge on any atom is -0.378 e. The summed E-state index contributed by atoms with van der Waals surface area (Å²) in [6, 6.07) is 0. The molecule has 0 N–H and O–H groups in total. The Balaban J connectivity index is 2.29. The largest absolute Gasteiger partial charge is 0.378 e. The molecule has 2 atom stereocenters. The van der Waals surface area contributed by atoms with E-state index in [0.29, 0.717) is 25.0 Å². The number of hydrogen-bond donors (Lipinski definition) is 0. The molecule has 0 saturated carbocycles. The molecule has 1 saturated heterocycles. The van der Waals surface area contributed by atoms with Gasteiger partial charge in [-0.3, -0.25) is 4.57 Å². The van der Waals surface area contributed by atoms with Crippen LogP contribution in [-0.2, 0) is 13.8 Å². The molecule has 0 radical (unpaired) electrons. The van der Waals surface area contributed by atoms with Crippen LogP contribution in [0.5, 0.6) is 0 Å². The minimum atomic E-state index is -2.33. The van der Waals surface area contributed by atoms with E-state index in [4.69, 9.17) is 9.26 Å². The van der Waals surface area contributed by atoms with Gasteiger partial charge < -0.3 is 9.26 Å². The van der Waals surface area contributed by atoms with Gasteiger partial charge in [0.1, 0.15) is 0 Å². The van der Waals surface area contributed by atoms with E-state index in [9.17, 15) is 4.57 Å². The highest BCUT2D eigenvalue weighted by molar-refractivity contribution is 7.58. The maximum atomic E-state index is 12.1. The van der Waals surface area contributed by atoms with Crippen molar-refractivity contribution in [3.8, 4) is 0 Å². The molecule has 2 unspecified atom stereocenters. The quantitative estimate of drug-likeness (QED) is 0.646. The molecule has 0 aliphatic carbocycles. The molecule has 0 amide bonds. The maximum Gasteiger partial charge on any atom is 0.202 e. The van der Waals surface area contributed by atoms with Gasteiger partial charge in [-0.1, -0.05) is 6.92 Å². The van der Waals surface area contributed by atoms with Crippen molar-refractivity contribution < 1.29 is 13.8 Å². The topological polar surface area (TPSA) is 35.5 Å². The molecule has 14 heavy (non-hydrogen) atoms. The first kappa shape index (κ1) is 12.2. The van der Waals surface area contributed by atoms with Crippen LogP contribution < -0.4 is 0 Å². The molecule has 84 valence electrons. The second-order valence-corrected chi connectivity index (χ2v) is 6.66. The fraction of sp³-hybridized carbons (Fsp3) is 1.00. The maximum absolute atomic E-state index is 12.1. The Kier molecular flexibility index (Phi) is 5.14. The highest BCUT2D eigenvalue weighted by Gasteiger charge is 2.23. The summed E-state index contributed by atoms with van der Waals surface area (Å²) in [7, 11) is -2.33. The predicted molar refractivity (Wildman–Crippen MR) is 58.2 cm³/mol. The van der Waals surface area contributed by atoms with Gasteiger partial charge in [0.15, 0.2) is 0 Å². The van der Waals surface area contributed by atoms with Crippen molar-refractivity contribution in [2.24, 2.45) is 0 Å². The normalized spacial score (nSPS) is 26.3. The zero-order chi connectivity index (χ0) is 10.4. The van der Waals surface area contributed by atoms with Gasteiger partial charge in [0.2, 0.25) is 7.37 Å². The molecular weight excluding hydrogens is 199 g/mol. The van der Waals surface area contributed by atoms with E-state index in [1.165, 1.54) is 0 Å². The zero-order valence-corrected chi connectivity index (χ0v) is 10.1. The molecule has 0 aromatic heterocycles. The van der Waals surface area contributed by atoms with Gasteiger partial charge in [-0.05, 0) is 26.2 Å². The molecule has 0 bridgehead atoms. The third-order valence-corrected chi connectivity index (χ3v) is 5.29. The average molecular weight is 220 g/mol. The van der Waals surface area contributed by atoms with Crippen LogP contribution in [0.15, 0.2) is 0 Å². The lowest BCUT2D eigenvalue weighted by Crippen LogP contribution is -2.09. The van der Waals surface area contributed by atoms with Gasteiger partial charge in [0.25, 0.3) is 0 Å². The van der Waals surface area contributed by atoms with Crippen LogP contribution in [-0.4, -0.2) is 31.6 Å². The van der Waals surface area contributed by atoms with Crippen LogP contribution in [0, 0.1) is 0 Å². The second kappa shape index (κ2) is 5.89. The molecule has 0 aromatic rings. The Morgan fingerprint density at radius 1 is 1.50 bits per heavy atom. The molecule has 1 aliphatic rings. The molecule has 1 aliphatic heterocycles. The number of ether oxygens (including phenoxy) is 1. The first-order valence-corrected chi connectivity index (χ1v) is 7.54. The van der Waals surface area contributed by atoms with Crippen molar-refractivity contribution in [1.29, 1.82) is 0 Å². The van der Waals surface area contributed by atoms with E-state index < -0.39 is 7.37 Å². The van der Waals surface area contributed by atoms with Crippen LogP contribution in [0.2, 0.25) is 0 Å². The first-order valence-electron chi connectivity index (χ1n) is 5.54. The highest BCUT2D eigenvalue weighted by atomic mass is 31.2. The molecule has 3 nitrogen and oxygen atoms in total. The van der Waals surface area contributed by atoms with Gasteiger partial charge >= 0.3 is 0 Å². The third kappa shape index (κ3) is 3.72. The smallest absolute Gasteiger partial charge is 0.202 e. The molecular formula is C10H21O3P. The van der Waals surface area contributed by atoms with E-state index >= 15 is 0 Å². The van der Waals surface area contributed by atoms with E-state index in [-0.39, 0.29) is 0 Å². The van der Waals surface area contributed by atoms with Gasteiger partial charge in [-0.2, -0.15) is 0 Å². The second-order valence-electron chi connectivity index (χ2n) is 3.70. The molecule has 1 fully saturated rings. The lowest BCUT2D eigenvalue weighted by Gasteiger charge is -2.17. The van der Waals surface area contributed by atoms with Gasteiger partial charge in [0.05, 0.1) is 12.7 Å². The minimum absolute atomic E-state index is 0.329. The van der Waals surface area contributed by atoms with Crippen LogP contribution in [0.3, 0.4) is 0 Å². The standard InChI is InChI=1S/C10H21O3P/c1-3-13-14(11,4-2)9-7-10-6-5-8-12-10/h10H,3-9H2,1-2H3. The highest BCUT2D eigenvalue weighted by Crippen LogP contribution is 2.47. The summed E-state index contributed by atoms with van der Waals surface area (Å²) < 4.78 is 22.9. The van der Waals surface area contributed by atoms with Crippen molar-refractivity contribution in [3.63, 3.8) is 0 Å². The van der Waals surface area contributed by atoms with E-state index in [1.54, 1.807) is 0 Å². The van der Waals surface area contributed by atoms with Crippen LogP contribution >= 0.6 is 7.37 Å². The van der Waals surface area contributed by atoms with Crippen molar-refractivity contribution in [3.05, 3.63) is 0 Å². The summed E-state index contributed by atoms with van der Waals surface area (Å²) in [4.78, 5) is 0. The summed E-state index contributed by atoms with van der Waals surface area (Å²) >= 11 is 0. The Morgan fingerprint density at radius 3 is 2.79 bits per heavy atom. The van der Waals surface area contributed by atoms with E-state index in [1.807, 2.05) is 13.8 Å². The Morgan fingerprint density at radius 2 is 2.29 bits per heavy atom. The van der Waals surface area contributed by atoms with Gasteiger partial charge in [-0.25, -0.2) is 0 Å². The molecule has 1 heterocycles. The number of hydrogen-bond acceptors (Lipinski definition) is 3. The van der Waals surface area contributed by atoms with E-state index in [0.717, 1.165) is 25.9 Å². The monoisotopic (exact) mass is 220 g/mol. The average Bonchev–Trinajstić information content (AvgIpc) is 2.68. The molecule has 0 aromatic carbocycles. The third-order valence-electron chi connectivity index (χ3n) is 2.66. The van der Waals surface area contributed by atoms with Crippen molar-refractivity contribution >= 4 is 7.37 Å². The first-order chi connectivity index (χ1) is 6.70.